The van der Waals surface area contributed by atoms with Crippen LogP contribution in [0.3, 0.4) is 0 Å². The summed E-state index contributed by atoms with van der Waals surface area (Å²) in [6.45, 7) is 11.1. The van der Waals surface area contributed by atoms with E-state index in [2.05, 4.69) is 58.9 Å². The molecule has 1 heterocycles. The van der Waals surface area contributed by atoms with E-state index in [1.165, 1.54) is 5.56 Å². The molecule has 0 aliphatic carbocycles. The van der Waals surface area contributed by atoms with E-state index in [0.717, 1.165) is 23.5 Å². The molecule has 1 nitrogen and oxygen atoms in total. The summed E-state index contributed by atoms with van der Waals surface area (Å²) in [6.07, 6.45) is 0.849. The average molecular weight is 278 g/mol. The highest BCUT2D eigenvalue weighted by Crippen LogP contribution is 2.44. The minimum absolute atomic E-state index is 0.168. The third kappa shape index (κ3) is 3.35. The molecule has 1 N–H and O–H groups in total. The maximum Gasteiger partial charge on any atom is 0.0991 e. The molecule has 1 aromatic rings. The molecular formula is C17H26OS. The van der Waals surface area contributed by atoms with Gasteiger partial charge in [-0.2, -0.15) is 11.8 Å². The molecule has 1 atom stereocenters. The van der Waals surface area contributed by atoms with Crippen molar-refractivity contribution in [3.8, 4) is 0 Å². The predicted octanol–water partition coefficient (Wildman–Crippen LogP) is 4.33. The van der Waals surface area contributed by atoms with E-state index in [9.17, 15) is 5.11 Å². The Bertz CT molecular complexity index is 441. The fourth-order valence-corrected chi connectivity index (χ4v) is 4.22. The molecule has 0 spiro atoms. The van der Waals surface area contributed by atoms with Crippen molar-refractivity contribution in [1.82, 2.24) is 0 Å². The summed E-state index contributed by atoms with van der Waals surface area (Å²) in [5, 5.41) is 11.0. The summed E-state index contributed by atoms with van der Waals surface area (Å²) in [4.78, 5) is 0. The molecule has 1 aromatic carbocycles. The van der Waals surface area contributed by atoms with Crippen LogP contribution >= 0.6 is 11.8 Å². The summed E-state index contributed by atoms with van der Waals surface area (Å²) in [6, 6.07) is 8.56. The van der Waals surface area contributed by atoms with E-state index in [4.69, 9.17) is 0 Å². The molecule has 0 bridgehead atoms. The zero-order valence-corrected chi connectivity index (χ0v) is 13.6. The van der Waals surface area contributed by atoms with Gasteiger partial charge in [0.1, 0.15) is 0 Å². The van der Waals surface area contributed by atoms with Gasteiger partial charge in [0, 0.05) is 5.75 Å². The summed E-state index contributed by atoms with van der Waals surface area (Å²) in [5.41, 5.74) is 2.11. The van der Waals surface area contributed by atoms with Crippen LogP contribution < -0.4 is 0 Å². The van der Waals surface area contributed by atoms with Crippen molar-refractivity contribution in [2.75, 3.05) is 11.5 Å². The molecule has 19 heavy (non-hydrogen) atoms. The standard InChI is InChI=1S/C17H26OS/c1-15(2,3)13-6-8-14(9-7-13)17(18)10-16(4,5)11-19-12-17/h6-9,18H,10-12H2,1-5H3. The molecule has 2 rings (SSSR count). The Labute approximate surface area is 121 Å². The molecule has 1 fully saturated rings. The smallest absolute Gasteiger partial charge is 0.0991 e. The minimum atomic E-state index is -0.664. The van der Waals surface area contributed by atoms with Crippen molar-refractivity contribution >= 4 is 11.8 Å². The number of thioether (sulfide) groups is 1. The Morgan fingerprint density at radius 1 is 1.05 bits per heavy atom. The minimum Gasteiger partial charge on any atom is -0.384 e. The van der Waals surface area contributed by atoms with E-state index in [1.54, 1.807) is 0 Å². The van der Waals surface area contributed by atoms with Crippen molar-refractivity contribution in [3.05, 3.63) is 35.4 Å². The molecule has 1 aliphatic heterocycles. The van der Waals surface area contributed by atoms with Crippen molar-refractivity contribution in [2.24, 2.45) is 5.41 Å². The zero-order valence-electron chi connectivity index (χ0n) is 12.8. The first-order valence-electron chi connectivity index (χ1n) is 7.04. The first-order chi connectivity index (χ1) is 8.62. The highest BCUT2D eigenvalue weighted by molar-refractivity contribution is 7.99. The SMILES string of the molecule is CC1(C)CSCC(O)(c2ccc(C(C)(C)C)cc2)C1. The second kappa shape index (κ2) is 4.82. The van der Waals surface area contributed by atoms with Crippen LogP contribution in [0.1, 0.15) is 52.2 Å². The van der Waals surface area contributed by atoms with Crippen LogP contribution in [-0.2, 0) is 11.0 Å². The van der Waals surface area contributed by atoms with Crippen LogP contribution in [0.5, 0.6) is 0 Å². The number of hydrogen-bond donors (Lipinski definition) is 1. The lowest BCUT2D eigenvalue weighted by Crippen LogP contribution is -2.40. The zero-order chi connectivity index (χ0) is 14.3. The van der Waals surface area contributed by atoms with E-state index in [-0.39, 0.29) is 10.8 Å². The Kier molecular flexibility index (Phi) is 3.79. The largest absolute Gasteiger partial charge is 0.384 e. The Balaban J connectivity index is 2.26. The highest BCUT2D eigenvalue weighted by atomic mass is 32.2. The molecule has 0 aromatic heterocycles. The van der Waals surface area contributed by atoms with Crippen LogP contribution in [-0.4, -0.2) is 16.6 Å². The van der Waals surface area contributed by atoms with Gasteiger partial charge >= 0.3 is 0 Å². The normalized spacial score (nSPS) is 27.3. The van der Waals surface area contributed by atoms with E-state index in [0.29, 0.717) is 0 Å². The lowest BCUT2D eigenvalue weighted by atomic mass is 9.77. The van der Waals surface area contributed by atoms with Gasteiger partial charge in [0.2, 0.25) is 0 Å². The van der Waals surface area contributed by atoms with Crippen LogP contribution in [0.25, 0.3) is 0 Å². The molecule has 1 saturated heterocycles. The Hall–Kier alpha value is -0.470. The van der Waals surface area contributed by atoms with Gasteiger partial charge in [-0.15, -0.1) is 0 Å². The number of aliphatic hydroxyl groups is 1. The molecule has 1 unspecified atom stereocenters. The fourth-order valence-electron chi connectivity index (χ4n) is 2.86. The van der Waals surface area contributed by atoms with Crippen molar-refractivity contribution in [3.63, 3.8) is 0 Å². The molecule has 1 aliphatic rings. The molecule has 0 radical (unpaired) electrons. The van der Waals surface area contributed by atoms with Crippen LogP contribution in [0, 0.1) is 5.41 Å². The topological polar surface area (TPSA) is 20.2 Å². The second-order valence-corrected chi connectivity index (χ2v) is 8.68. The van der Waals surface area contributed by atoms with E-state index < -0.39 is 5.60 Å². The van der Waals surface area contributed by atoms with Gasteiger partial charge in [-0.25, -0.2) is 0 Å². The third-order valence-corrected chi connectivity index (χ3v) is 5.56. The molecular weight excluding hydrogens is 252 g/mol. The van der Waals surface area contributed by atoms with Crippen molar-refractivity contribution < 1.29 is 5.11 Å². The number of rotatable bonds is 1. The lowest BCUT2D eigenvalue weighted by molar-refractivity contribution is 0.0156. The lowest BCUT2D eigenvalue weighted by Gasteiger charge is -2.41. The van der Waals surface area contributed by atoms with Crippen LogP contribution in [0.15, 0.2) is 24.3 Å². The van der Waals surface area contributed by atoms with Crippen molar-refractivity contribution in [1.29, 1.82) is 0 Å². The second-order valence-electron chi connectivity index (χ2n) is 7.69. The maximum absolute atomic E-state index is 11.0. The van der Waals surface area contributed by atoms with Crippen molar-refractivity contribution in [2.45, 2.75) is 52.1 Å². The quantitative estimate of drug-likeness (QED) is 0.825. The van der Waals surface area contributed by atoms with Crippen LogP contribution in [0.4, 0.5) is 0 Å². The van der Waals surface area contributed by atoms with Gasteiger partial charge in [0.05, 0.1) is 5.60 Å². The summed E-state index contributed by atoms with van der Waals surface area (Å²) in [5.74, 6) is 1.95. The predicted molar refractivity (Wildman–Crippen MR) is 84.8 cm³/mol. The van der Waals surface area contributed by atoms with E-state index >= 15 is 0 Å². The molecule has 0 amide bonds. The van der Waals surface area contributed by atoms with Gasteiger partial charge < -0.3 is 5.11 Å². The highest BCUT2D eigenvalue weighted by Gasteiger charge is 2.40. The van der Waals surface area contributed by atoms with Gasteiger partial charge in [-0.05, 0) is 34.1 Å². The Morgan fingerprint density at radius 2 is 1.63 bits per heavy atom. The van der Waals surface area contributed by atoms with Gasteiger partial charge in [-0.3, -0.25) is 0 Å². The third-order valence-electron chi connectivity index (χ3n) is 3.89. The maximum atomic E-state index is 11.0. The average Bonchev–Trinajstić information content (AvgIpc) is 2.26. The van der Waals surface area contributed by atoms with E-state index in [1.807, 2.05) is 11.8 Å². The molecule has 106 valence electrons. The van der Waals surface area contributed by atoms with Gasteiger partial charge in [-0.1, -0.05) is 58.9 Å². The van der Waals surface area contributed by atoms with Gasteiger partial charge in [0.15, 0.2) is 0 Å². The molecule has 0 saturated carbocycles. The Morgan fingerprint density at radius 3 is 2.11 bits per heavy atom. The summed E-state index contributed by atoms with van der Waals surface area (Å²) in [7, 11) is 0. The monoisotopic (exact) mass is 278 g/mol. The number of benzene rings is 1. The fraction of sp³-hybridized carbons (Fsp3) is 0.647. The summed E-state index contributed by atoms with van der Waals surface area (Å²) >= 11 is 1.86. The first-order valence-corrected chi connectivity index (χ1v) is 8.19. The van der Waals surface area contributed by atoms with Crippen LogP contribution in [0.2, 0.25) is 0 Å². The van der Waals surface area contributed by atoms with Gasteiger partial charge in [0.25, 0.3) is 0 Å². The summed E-state index contributed by atoms with van der Waals surface area (Å²) < 4.78 is 0. The first kappa shape index (κ1) is 14.9. The molecule has 2 heteroatoms. The number of hydrogen-bond acceptors (Lipinski definition) is 2.